The minimum atomic E-state index is -4.83. The molecule has 12 heteroatoms. The summed E-state index contributed by atoms with van der Waals surface area (Å²) in [5, 5.41) is 6.20. The predicted molar refractivity (Wildman–Crippen MR) is 82.3 cm³/mol. The maximum Gasteiger partial charge on any atom is 0.418 e. The van der Waals surface area contributed by atoms with Gasteiger partial charge in [-0.25, -0.2) is 9.18 Å². The zero-order valence-electron chi connectivity index (χ0n) is 13.4. The highest BCUT2D eigenvalue weighted by atomic mass is 32.3. The minimum Gasteiger partial charge on any atom is -0.349 e. The Hall–Kier alpha value is -1.50. The van der Waals surface area contributed by atoms with E-state index in [1.165, 1.54) is 4.90 Å². The second-order valence-corrected chi connectivity index (χ2v) is 7.49. The van der Waals surface area contributed by atoms with Crippen LogP contribution in [0.3, 0.4) is 0 Å². The van der Waals surface area contributed by atoms with Crippen molar-refractivity contribution in [3.63, 3.8) is 0 Å². The lowest BCUT2D eigenvalue weighted by atomic mass is 9.99. The van der Waals surface area contributed by atoms with Gasteiger partial charge in [-0.15, -0.1) is 4.28 Å². The average Bonchev–Trinajstić information content (AvgIpc) is 2.68. The molecule has 25 heavy (non-hydrogen) atoms. The first kappa shape index (κ1) is 18.3. The second-order valence-electron chi connectivity index (χ2n) is 6.49. The highest BCUT2D eigenvalue weighted by molar-refractivity contribution is 7.80. The van der Waals surface area contributed by atoms with Gasteiger partial charge in [0.15, 0.2) is 0 Å². The van der Waals surface area contributed by atoms with Crippen molar-refractivity contribution in [3.05, 3.63) is 0 Å². The van der Waals surface area contributed by atoms with Crippen LogP contribution in [0.1, 0.15) is 25.7 Å². The van der Waals surface area contributed by atoms with Crippen LogP contribution in [0.5, 0.6) is 0 Å². The normalized spacial score (nSPS) is 33.3. The first-order valence-electron chi connectivity index (χ1n) is 8.18. The molecular formula is C13H21FN4O6S. The van der Waals surface area contributed by atoms with E-state index in [0.717, 1.165) is 6.42 Å². The lowest BCUT2D eigenvalue weighted by Gasteiger charge is -2.31. The molecule has 0 spiro atoms. The molecule has 3 rings (SSSR count). The van der Waals surface area contributed by atoms with Crippen molar-refractivity contribution in [3.8, 4) is 0 Å². The van der Waals surface area contributed by atoms with Gasteiger partial charge in [0.1, 0.15) is 12.2 Å². The number of hydrogen-bond donors (Lipinski definition) is 3. The number of fused-ring (bicyclic) bond motifs is 2. The molecule has 4 atom stereocenters. The number of piperidine rings is 1. The average molecular weight is 380 g/mol. The number of nitrogens with one attached hydrogen (secondary N) is 2. The SMILES string of the molecule is O=C(NC1CCCNCC1F)[C@@H]1CC[C@@H]2CN1C(=O)N2OS(=O)(=O)O. The Morgan fingerprint density at radius 2 is 2.12 bits per heavy atom. The molecule has 0 aliphatic carbocycles. The number of alkyl halides is 1. The highest BCUT2D eigenvalue weighted by Crippen LogP contribution is 2.31. The Morgan fingerprint density at radius 1 is 1.36 bits per heavy atom. The maximum atomic E-state index is 14.1. The molecule has 0 aromatic rings. The summed E-state index contributed by atoms with van der Waals surface area (Å²) in [7, 11) is -4.83. The molecule has 3 N–H and O–H groups in total. The van der Waals surface area contributed by atoms with Crippen LogP contribution in [0.4, 0.5) is 9.18 Å². The van der Waals surface area contributed by atoms with Crippen LogP contribution in [0.2, 0.25) is 0 Å². The molecule has 2 unspecified atom stereocenters. The van der Waals surface area contributed by atoms with E-state index >= 15 is 0 Å². The summed E-state index contributed by atoms with van der Waals surface area (Å²) in [5.41, 5.74) is 0. The van der Waals surface area contributed by atoms with Crippen LogP contribution >= 0.6 is 0 Å². The summed E-state index contributed by atoms with van der Waals surface area (Å²) in [6, 6.07) is -2.81. The van der Waals surface area contributed by atoms with Gasteiger partial charge in [0.05, 0.1) is 12.1 Å². The third-order valence-corrected chi connectivity index (χ3v) is 5.12. The molecule has 3 aliphatic rings. The Balaban J connectivity index is 1.66. The highest BCUT2D eigenvalue weighted by Gasteiger charge is 2.49. The third-order valence-electron chi connectivity index (χ3n) is 4.77. The summed E-state index contributed by atoms with van der Waals surface area (Å²) in [6.07, 6.45) is 0.658. The lowest BCUT2D eigenvalue weighted by molar-refractivity contribution is -0.127. The number of amides is 3. The van der Waals surface area contributed by atoms with Crippen LogP contribution in [0.25, 0.3) is 0 Å². The number of hydroxylamine groups is 2. The molecule has 0 aromatic heterocycles. The molecule has 142 valence electrons. The van der Waals surface area contributed by atoms with E-state index in [4.69, 9.17) is 4.55 Å². The van der Waals surface area contributed by atoms with Crippen molar-refractivity contribution in [2.45, 2.75) is 50.0 Å². The van der Waals surface area contributed by atoms with E-state index in [-0.39, 0.29) is 13.1 Å². The summed E-state index contributed by atoms with van der Waals surface area (Å²) in [6.45, 7) is 0.957. The predicted octanol–water partition coefficient (Wildman–Crippen LogP) is -0.804. The first-order valence-corrected chi connectivity index (χ1v) is 9.55. The summed E-state index contributed by atoms with van der Waals surface area (Å²) < 4.78 is 48.9. The van der Waals surface area contributed by atoms with Crippen molar-refractivity contribution in [1.82, 2.24) is 20.6 Å². The Kier molecular flexibility index (Phi) is 5.14. The molecule has 0 saturated carbocycles. The first-order chi connectivity index (χ1) is 11.8. The summed E-state index contributed by atoms with van der Waals surface area (Å²) in [5.74, 6) is -0.463. The van der Waals surface area contributed by atoms with Gasteiger partial charge in [-0.1, -0.05) is 0 Å². The molecule has 0 radical (unpaired) electrons. The number of nitrogens with zero attached hydrogens (tertiary/aromatic N) is 2. The van der Waals surface area contributed by atoms with E-state index in [1.807, 2.05) is 0 Å². The van der Waals surface area contributed by atoms with Crippen molar-refractivity contribution >= 4 is 22.3 Å². The number of carbonyl (C=O) groups excluding carboxylic acids is 2. The third kappa shape index (κ3) is 4.02. The molecule has 3 amide bonds. The summed E-state index contributed by atoms with van der Waals surface area (Å²) >= 11 is 0. The quantitative estimate of drug-likeness (QED) is 0.545. The molecule has 3 aliphatic heterocycles. The monoisotopic (exact) mass is 380 g/mol. The summed E-state index contributed by atoms with van der Waals surface area (Å²) in [4.78, 5) is 26.0. The molecule has 3 saturated heterocycles. The topological polar surface area (TPSA) is 128 Å². The van der Waals surface area contributed by atoms with E-state index in [1.54, 1.807) is 0 Å². The molecule has 3 fully saturated rings. The standard InChI is InChI=1S/C13H21FN4O6S/c14-9-6-15-5-1-2-10(9)16-12(19)11-4-3-8-7-17(11)13(20)18(8)24-25(21,22)23/h8-11,15H,1-7H2,(H,16,19)(H,21,22,23)/t8-,9?,10?,11+/m1/s1. The van der Waals surface area contributed by atoms with Gasteiger partial charge in [0, 0.05) is 13.1 Å². The van der Waals surface area contributed by atoms with E-state index < -0.39 is 46.6 Å². The van der Waals surface area contributed by atoms with Gasteiger partial charge in [-0.05, 0) is 32.2 Å². The molecule has 0 aromatic carbocycles. The maximum absolute atomic E-state index is 14.1. The van der Waals surface area contributed by atoms with Gasteiger partial charge < -0.3 is 15.5 Å². The molecule has 3 heterocycles. The molecule has 2 bridgehead atoms. The number of hydrogen-bond acceptors (Lipinski definition) is 6. The van der Waals surface area contributed by atoms with Gasteiger partial charge in [0.2, 0.25) is 5.91 Å². The van der Waals surface area contributed by atoms with Crippen LogP contribution in [0.15, 0.2) is 0 Å². The van der Waals surface area contributed by atoms with Crippen LogP contribution < -0.4 is 10.6 Å². The molecule has 10 nitrogen and oxygen atoms in total. The lowest BCUT2D eigenvalue weighted by Crippen LogP contribution is -2.54. The zero-order chi connectivity index (χ0) is 18.2. The van der Waals surface area contributed by atoms with E-state index in [2.05, 4.69) is 14.9 Å². The Labute approximate surface area is 144 Å². The largest absolute Gasteiger partial charge is 0.418 e. The van der Waals surface area contributed by atoms with Crippen molar-refractivity contribution in [2.24, 2.45) is 0 Å². The van der Waals surface area contributed by atoms with Crippen molar-refractivity contribution in [1.29, 1.82) is 0 Å². The van der Waals surface area contributed by atoms with Gasteiger partial charge in [0.25, 0.3) is 0 Å². The number of urea groups is 1. The molecular weight excluding hydrogens is 359 g/mol. The zero-order valence-corrected chi connectivity index (χ0v) is 14.2. The van der Waals surface area contributed by atoms with Crippen molar-refractivity contribution < 1.29 is 31.2 Å². The smallest absolute Gasteiger partial charge is 0.349 e. The number of carbonyl (C=O) groups is 2. The van der Waals surface area contributed by atoms with E-state index in [0.29, 0.717) is 30.9 Å². The fourth-order valence-electron chi connectivity index (χ4n) is 3.56. The van der Waals surface area contributed by atoms with Gasteiger partial charge in [-0.3, -0.25) is 9.35 Å². The Bertz CT molecular complexity index is 646. The Morgan fingerprint density at radius 3 is 2.84 bits per heavy atom. The minimum absolute atomic E-state index is 0.109. The van der Waals surface area contributed by atoms with Crippen molar-refractivity contribution in [2.75, 3.05) is 19.6 Å². The van der Waals surface area contributed by atoms with E-state index in [9.17, 15) is 22.4 Å². The fraction of sp³-hybridized carbons (Fsp3) is 0.846. The fourth-order valence-corrected chi connectivity index (χ4v) is 3.94. The van der Waals surface area contributed by atoms with Gasteiger partial charge in [-0.2, -0.15) is 13.5 Å². The van der Waals surface area contributed by atoms with Crippen LogP contribution in [-0.4, -0.2) is 78.8 Å². The number of rotatable bonds is 4. The number of halogens is 1. The van der Waals surface area contributed by atoms with Crippen LogP contribution in [0, 0.1) is 0 Å². The second kappa shape index (κ2) is 7.02. The van der Waals surface area contributed by atoms with Crippen LogP contribution in [-0.2, 0) is 19.5 Å². The van der Waals surface area contributed by atoms with Gasteiger partial charge >= 0.3 is 16.4 Å².